The third kappa shape index (κ3) is 4.93. The average Bonchev–Trinajstić information content (AvgIpc) is 2.37. The molecule has 1 aromatic rings. The van der Waals surface area contributed by atoms with E-state index in [-0.39, 0.29) is 12.4 Å². The first-order valence-electron chi connectivity index (χ1n) is 5.21. The number of aldehydes is 1. The number of carbonyl (C=O) groups is 2. The maximum atomic E-state index is 10.9. The fraction of sp³-hybridized carbons (Fsp3) is 0.143. The van der Waals surface area contributed by atoms with Crippen LogP contribution >= 0.6 is 0 Å². The Bertz CT molecular complexity index is 427. The first kappa shape index (κ1) is 12.9. The molecule has 0 N–H and O–H groups in total. The Morgan fingerprint density at radius 2 is 1.76 bits per heavy atom. The summed E-state index contributed by atoms with van der Waals surface area (Å²) in [5, 5.41) is 0. The molecule has 0 fully saturated rings. The van der Waals surface area contributed by atoms with Crippen LogP contribution in [-0.2, 0) is 14.3 Å². The third-order valence-corrected chi connectivity index (χ3v) is 2.13. The molecule has 0 aliphatic carbocycles. The van der Waals surface area contributed by atoms with Crippen LogP contribution in [0.1, 0.15) is 17.5 Å². The van der Waals surface area contributed by atoms with Crippen molar-refractivity contribution in [2.24, 2.45) is 0 Å². The van der Waals surface area contributed by atoms with E-state index in [4.69, 9.17) is 0 Å². The van der Waals surface area contributed by atoms with E-state index in [2.05, 4.69) is 4.74 Å². The molecular formula is C14H14O3. The highest BCUT2D eigenvalue weighted by Crippen LogP contribution is 2.08. The van der Waals surface area contributed by atoms with Crippen LogP contribution in [0.5, 0.6) is 0 Å². The van der Waals surface area contributed by atoms with Gasteiger partial charge in [-0.05, 0) is 17.2 Å². The summed E-state index contributed by atoms with van der Waals surface area (Å²) in [7, 11) is 1.37. The summed E-state index contributed by atoms with van der Waals surface area (Å²) in [6, 6.07) is 7.63. The second kappa shape index (κ2) is 7.17. The van der Waals surface area contributed by atoms with Crippen LogP contribution < -0.4 is 0 Å². The Kier molecular flexibility index (Phi) is 5.44. The lowest BCUT2D eigenvalue weighted by molar-refractivity contribution is -0.139. The largest absolute Gasteiger partial charge is 0.469 e. The zero-order valence-electron chi connectivity index (χ0n) is 9.63. The van der Waals surface area contributed by atoms with E-state index in [0.717, 1.165) is 17.4 Å². The maximum Gasteiger partial charge on any atom is 0.309 e. The van der Waals surface area contributed by atoms with E-state index in [1.165, 1.54) is 13.2 Å². The van der Waals surface area contributed by atoms with E-state index >= 15 is 0 Å². The first-order chi connectivity index (χ1) is 8.26. The van der Waals surface area contributed by atoms with Crippen molar-refractivity contribution in [1.82, 2.24) is 0 Å². The Morgan fingerprint density at radius 1 is 1.18 bits per heavy atom. The van der Waals surface area contributed by atoms with Gasteiger partial charge in [-0.3, -0.25) is 9.59 Å². The average molecular weight is 230 g/mol. The van der Waals surface area contributed by atoms with Crippen molar-refractivity contribution in [3.8, 4) is 0 Å². The number of hydrogen-bond acceptors (Lipinski definition) is 3. The molecule has 17 heavy (non-hydrogen) atoms. The van der Waals surface area contributed by atoms with Gasteiger partial charge in [0.15, 0.2) is 0 Å². The monoisotopic (exact) mass is 230 g/mol. The maximum absolute atomic E-state index is 10.9. The van der Waals surface area contributed by atoms with Gasteiger partial charge in [-0.1, -0.05) is 42.5 Å². The number of esters is 1. The zero-order valence-corrected chi connectivity index (χ0v) is 9.63. The van der Waals surface area contributed by atoms with Crippen LogP contribution in [0.4, 0.5) is 0 Å². The van der Waals surface area contributed by atoms with E-state index < -0.39 is 0 Å². The summed E-state index contributed by atoms with van der Waals surface area (Å²) in [5.74, 6) is -0.258. The van der Waals surface area contributed by atoms with Crippen molar-refractivity contribution >= 4 is 24.4 Å². The minimum atomic E-state index is -0.258. The number of hydrogen-bond donors (Lipinski definition) is 0. The van der Waals surface area contributed by atoms with Crippen molar-refractivity contribution < 1.29 is 14.3 Å². The van der Waals surface area contributed by atoms with Gasteiger partial charge in [-0.25, -0.2) is 0 Å². The smallest absolute Gasteiger partial charge is 0.309 e. The summed E-state index contributed by atoms with van der Waals surface area (Å²) < 4.78 is 4.52. The topological polar surface area (TPSA) is 43.4 Å². The molecule has 0 aliphatic rings. The minimum absolute atomic E-state index is 0.258. The number of methoxy groups -OCH3 is 1. The van der Waals surface area contributed by atoms with E-state index in [0.29, 0.717) is 0 Å². The van der Waals surface area contributed by atoms with Crippen LogP contribution in [-0.4, -0.2) is 19.4 Å². The summed E-state index contributed by atoms with van der Waals surface area (Å²) in [6.07, 6.45) is 7.79. The fourth-order valence-corrected chi connectivity index (χ4v) is 1.24. The standard InChI is InChI=1S/C14H14O3/c1-17-14(16)6-2-4-12-7-9-13(10-8-12)5-3-11-15/h2-5,7-11H,6H2,1H3/b4-2?,5-3+. The molecule has 0 heterocycles. The molecule has 1 rings (SSSR count). The van der Waals surface area contributed by atoms with Gasteiger partial charge in [-0.2, -0.15) is 0 Å². The van der Waals surface area contributed by atoms with Crippen molar-refractivity contribution in [1.29, 1.82) is 0 Å². The van der Waals surface area contributed by atoms with Gasteiger partial charge in [0.25, 0.3) is 0 Å². The number of benzene rings is 1. The van der Waals surface area contributed by atoms with Crippen LogP contribution in [0.3, 0.4) is 0 Å². The Morgan fingerprint density at radius 3 is 2.29 bits per heavy atom. The number of ether oxygens (including phenoxy) is 1. The SMILES string of the molecule is COC(=O)CC=Cc1ccc(/C=C/C=O)cc1. The van der Waals surface area contributed by atoms with Gasteiger partial charge in [0.2, 0.25) is 0 Å². The van der Waals surface area contributed by atoms with Gasteiger partial charge in [0.1, 0.15) is 6.29 Å². The molecule has 0 aliphatic heterocycles. The van der Waals surface area contributed by atoms with Crippen LogP contribution in [0, 0.1) is 0 Å². The second-order valence-corrected chi connectivity index (χ2v) is 3.34. The molecule has 0 amide bonds. The number of carbonyl (C=O) groups excluding carboxylic acids is 2. The van der Waals surface area contributed by atoms with Gasteiger partial charge < -0.3 is 4.74 Å². The Balaban J connectivity index is 2.59. The zero-order chi connectivity index (χ0) is 12.5. The van der Waals surface area contributed by atoms with Crippen LogP contribution in [0.15, 0.2) is 36.4 Å². The van der Waals surface area contributed by atoms with Gasteiger partial charge >= 0.3 is 5.97 Å². The Labute approximate surface area is 100 Å². The van der Waals surface area contributed by atoms with Crippen LogP contribution in [0.25, 0.3) is 12.2 Å². The first-order valence-corrected chi connectivity index (χ1v) is 5.21. The quantitative estimate of drug-likeness (QED) is 0.443. The summed E-state index contributed by atoms with van der Waals surface area (Å²) >= 11 is 0. The molecule has 0 radical (unpaired) electrons. The van der Waals surface area contributed by atoms with Gasteiger partial charge in [0.05, 0.1) is 13.5 Å². The molecule has 3 heteroatoms. The molecule has 0 atom stereocenters. The fourth-order valence-electron chi connectivity index (χ4n) is 1.24. The van der Waals surface area contributed by atoms with Gasteiger partial charge in [0, 0.05) is 0 Å². The molecule has 3 nitrogen and oxygen atoms in total. The van der Waals surface area contributed by atoms with Crippen molar-refractivity contribution in [2.45, 2.75) is 6.42 Å². The number of rotatable bonds is 5. The highest BCUT2D eigenvalue weighted by molar-refractivity contribution is 5.74. The molecule has 0 unspecified atom stereocenters. The van der Waals surface area contributed by atoms with E-state index in [1.807, 2.05) is 30.3 Å². The number of allylic oxidation sites excluding steroid dienone is 1. The van der Waals surface area contributed by atoms with Crippen molar-refractivity contribution in [3.05, 3.63) is 47.5 Å². The minimum Gasteiger partial charge on any atom is -0.469 e. The highest BCUT2D eigenvalue weighted by Gasteiger charge is 1.94. The molecule has 0 spiro atoms. The third-order valence-electron chi connectivity index (χ3n) is 2.13. The Hall–Kier alpha value is -2.16. The predicted molar refractivity (Wildman–Crippen MR) is 67.2 cm³/mol. The summed E-state index contributed by atoms with van der Waals surface area (Å²) in [6.45, 7) is 0. The van der Waals surface area contributed by atoms with E-state index in [9.17, 15) is 9.59 Å². The van der Waals surface area contributed by atoms with E-state index in [1.54, 1.807) is 12.2 Å². The lowest BCUT2D eigenvalue weighted by atomic mass is 10.1. The summed E-state index contributed by atoms with van der Waals surface area (Å²) in [5.41, 5.74) is 1.96. The normalized spacial score (nSPS) is 10.9. The predicted octanol–water partition coefficient (Wildman–Crippen LogP) is 2.48. The molecule has 0 aromatic heterocycles. The molecule has 0 bridgehead atoms. The molecule has 1 aromatic carbocycles. The van der Waals surface area contributed by atoms with Crippen molar-refractivity contribution in [2.75, 3.05) is 7.11 Å². The lowest BCUT2D eigenvalue weighted by Crippen LogP contribution is -1.96. The molecular weight excluding hydrogens is 216 g/mol. The van der Waals surface area contributed by atoms with Crippen molar-refractivity contribution in [3.63, 3.8) is 0 Å². The highest BCUT2D eigenvalue weighted by atomic mass is 16.5. The van der Waals surface area contributed by atoms with Gasteiger partial charge in [-0.15, -0.1) is 0 Å². The van der Waals surface area contributed by atoms with Crippen LogP contribution in [0.2, 0.25) is 0 Å². The summed E-state index contributed by atoms with van der Waals surface area (Å²) in [4.78, 5) is 21.0. The molecule has 0 saturated carbocycles. The second-order valence-electron chi connectivity index (χ2n) is 3.34. The molecule has 0 saturated heterocycles. The lowest BCUT2D eigenvalue weighted by Gasteiger charge is -1.96. The molecule has 88 valence electrons.